The van der Waals surface area contributed by atoms with Crippen LogP contribution in [0.15, 0.2) is 35.2 Å². The van der Waals surface area contributed by atoms with Gasteiger partial charge in [0.2, 0.25) is 5.78 Å². The number of thiophene rings is 1. The number of rotatable bonds is 7. The van der Waals surface area contributed by atoms with Crippen molar-refractivity contribution >= 4 is 29.1 Å². The molecule has 0 saturated carbocycles. The van der Waals surface area contributed by atoms with Gasteiger partial charge in [-0.25, -0.2) is 0 Å². The second-order valence-electron chi connectivity index (χ2n) is 4.82. The maximum atomic E-state index is 12.4. The number of ether oxygens (including phenoxy) is 2. The van der Waals surface area contributed by atoms with Crippen molar-refractivity contribution in [3.8, 4) is 0 Å². The van der Waals surface area contributed by atoms with Crippen LogP contribution in [0.2, 0.25) is 0 Å². The molecule has 2 heterocycles. The number of aryl methyl sites for hydroxylation is 1. The van der Waals surface area contributed by atoms with E-state index in [9.17, 15) is 14.4 Å². The lowest BCUT2D eigenvalue weighted by molar-refractivity contribution is -0.159. The van der Waals surface area contributed by atoms with E-state index in [0.29, 0.717) is 17.8 Å². The molecule has 7 heteroatoms. The van der Waals surface area contributed by atoms with Crippen LogP contribution in [0.25, 0.3) is 0 Å². The summed E-state index contributed by atoms with van der Waals surface area (Å²) in [5.74, 6) is -2.38. The second-order valence-corrected chi connectivity index (χ2v) is 5.60. The number of carbonyl (C=O) groups excluding carboxylic acids is 3. The van der Waals surface area contributed by atoms with Gasteiger partial charge in [-0.1, -0.05) is 0 Å². The Hall–Kier alpha value is -2.41. The lowest BCUT2D eigenvalue weighted by atomic mass is 10.1. The van der Waals surface area contributed by atoms with Gasteiger partial charge in [-0.15, -0.1) is 0 Å². The SMILES string of the molecule is COC(=O)C(CCn1cccc1C(=O)c1ccsc1)C(=O)OC. The number of aromatic nitrogens is 1. The van der Waals surface area contributed by atoms with Crippen LogP contribution in [0.5, 0.6) is 0 Å². The summed E-state index contributed by atoms with van der Waals surface area (Å²) in [5, 5.41) is 3.62. The summed E-state index contributed by atoms with van der Waals surface area (Å²) in [4.78, 5) is 35.8. The molecule has 0 aliphatic heterocycles. The van der Waals surface area contributed by atoms with E-state index < -0.39 is 17.9 Å². The normalized spacial score (nSPS) is 10.6. The molecule has 2 rings (SSSR count). The Bertz CT molecular complexity index is 673. The molecule has 0 unspecified atom stereocenters. The van der Waals surface area contributed by atoms with E-state index in [2.05, 4.69) is 9.47 Å². The fourth-order valence-corrected chi connectivity index (χ4v) is 2.88. The third-order valence-electron chi connectivity index (χ3n) is 3.48. The summed E-state index contributed by atoms with van der Waals surface area (Å²) in [6.07, 6.45) is 1.93. The number of hydrogen-bond donors (Lipinski definition) is 0. The predicted molar refractivity (Wildman–Crippen MR) is 84.3 cm³/mol. The van der Waals surface area contributed by atoms with E-state index in [1.165, 1.54) is 25.6 Å². The monoisotopic (exact) mass is 335 g/mol. The molecule has 2 aromatic heterocycles. The van der Waals surface area contributed by atoms with Crippen LogP contribution in [0, 0.1) is 5.92 Å². The summed E-state index contributed by atoms with van der Waals surface area (Å²) < 4.78 is 11.0. The van der Waals surface area contributed by atoms with Crippen molar-refractivity contribution in [2.24, 2.45) is 5.92 Å². The molecule has 0 bridgehead atoms. The fourth-order valence-electron chi connectivity index (χ4n) is 2.24. The fraction of sp³-hybridized carbons (Fsp3) is 0.312. The van der Waals surface area contributed by atoms with E-state index >= 15 is 0 Å². The predicted octanol–water partition coefficient (Wildman–Crippen LogP) is 2.13. The van der Waals surface area contributed by atoms with Gasteiger partial charge in [-0.3, -0.25) is 14.4 Å². The molecular formula is C16H17NO5S. The molecule has 0 spiro atoms. The van der Waals surface area contributed by atoms with Crippen LogP contribution in [0.4, 0.5) is 0 Å². The Balaban J connectivity index is 2.12. The van der Waals surface area contributed by atoms with Gasteiger partial charge in [0.25, 0.3) is 0 Å². The van der Waals surface area contributed by atoms with Crippen molar-refractivity contribution in [3.05, 3.63) is 46.4 Å². The average molecular weight is 335 g/mol. The van der Waals surface area contributed by atoms with Crippen molar-refractivity contribution in [3.63, 3.8) is 0 Å². The van der Waals surface area contributed by atoms with Crippen LogP contribution in [-0.2, 0) is 25.6 Å². The van der Waals surface area contributed by atoms with Crippen molar-refractivity contribution < 1.29 is 23.9 Å². The third-order valence-corrected chi connectivity index (χ3v) is 4.16. The highest BCUT2D eigenvalue weighted by molar-refractivity contribution is 7.08. The second kappa shape index (κ2) is 7.73. The molecule has 0 atom stereocenters. The largest absolute Gasteiger partial charge is 0.468 e. The molecule has 0 N–H and O–H groups in total. The standard InChI is InChI=1S/C16H17NO5S/c1-21-15(19)12(16(20)22-2)5-8-17-7-3-4-13(17)14(18)11-6-9-23-10-11/h3-4,6-7,9-10,12H,5,8H2,1-2H3. The van der Waals surface area contributed by atoms with E-state index in [1.807, 2.05) is 5.38 Å². The third kappa shape index (κ3) is 3.87. The first-order valence-electron chi connectivity index (χ1n) is 6.96. The van der Waals surface area contributed by atoms with Gasteiger partial charge in [0.1, 0.15) is 0 Å². The van der Waals surface area contributed by atoms with E-state index in [0.717, 1.165) is 0 Å². The van der Waals surface area contributed by atoms with Crippen LogP contribution in [0.3, 0.4) is 0 Å². The summed E-state index contributed by atoms with van der Waals surface area (Å²) in [6.45, 7) is 0.326. The number of carbonyl (C=O) groups is 3. The molecule has 23 heavy (non-hydrogen) atoms. The Morgan fingerprint density at radius 2 is 1.87 bits per heavy atom. The van der Waals surface area contributed by atoms with Gasteiger partial charge in [-0.2, -0.15) is 11.3 Å². The minimum absolute atomic E-state index is 0.0936. The van der Waals surface area contributed by atoms with Gasteiger partial charge in [0, 0.05) is 23.7 Å². The average Bonchev–Trinajstić information content (AvgIpc) is 3.25. The zero-order valence-electron chi connectivity index (χ0n) is 12.9. The molecule has 6 nitrogen and oxygen atoms in total. The van der Waals surface area contributed by atoms with Gasteiger partial charge in [0.15, 0.2) is 5.92 Å². The minimum Gasteiger partial charge on any atom is -0.468 e. The van der Waals surface area contributed by atoms with Gasteiger partial charge >= 0.3 is 11.9 Å². The Labute approximate surface area is 137 Å². The molecule has 0 aliphatic carbocycles. The van der Waals surface area contributed by atoms with Crippen molar-refractivity contribution in [1.82, 2.24) is 4.57 Å². The smallest absolute Gasteiger partial charge is 0.320 e. The molecule has 0 amide bonds. The number of ketones is 1. The summed E-state index contributed by atoms with van der Waals surface area (Å²) in [5.41, 5.74) is 1.13. The zero-order valence-corrected chi connectivity index (χ0v) is 13.7. The van der Waals surface area contributed by atoms with E-state index in [-0.39, 0.29) is 12.2 Å². The minimum atomic E-state index is -1.00. The van der Waals surface area contributed by atoms with Crippen LogP contribution < -0.4 is 0 Å². The molecule has 0 aliphatic rings. The van der Waals surface area contributed by atoms with Gasteiger partial charge < -0.3 is 14.0 Å². The highest BCUT2D eigenvalue weighted by atomic mass is 32.1. The quantitative estimate of drug-likeness (QED) is 0.440. The number of esters is 2. The van der Waals surface area contributed by atoms with Crippen LogP contribution in [-0.4, -0.2) is 36.5 Å². The van der Waals surface area contributed by atoms with Crippen molar-refractivity contribution in [1.29, 1.82) is 0 Å². The molecule has 0 fully saturated rings. The van der Waals surface area contributed by atoms with E-state index in [1.54, 1.807) is 34.3 Å². The Kier molecular flexibility index (Phi) is 5.70. The lowest BCUT2D eigenvalue weighted by Crippen LogP contribution is -2.28. The number of methoxy groups -OCH3 is 2. The molecule has 2 aromatic rings. The van der Waals surface area contributed by atoms with Gasteiger partial charge in [-0.05, 0) is 30.0 Å². The maximum Gasteiger partial charge on any atom is 0.320 e. The topological polar surface area (TPSA) is 74.6 Å². The van der Waals surface area contributed by atoms with Crippen molar-refractivity contribution in [2.45, 2.75) is 13.0 Å². The molecular weight excluding hydrogens is 318 g/mol. The molecule has 0 aromatic carbocycles. The van der Waals surface area contributed by atoms with E-state index in [4.69, 9.17) is 0 Å². The molecule has 0 radical (unpaired) electrons. The number of hydrogen-bond acceptors (Lipinski definition) is 6. The Morgan fingerprint density at radius 1 is 1.17 bits per heavy atom. The first kappa shape index (κ1) is 17.0. The van der Waals surface area contributed by atoms with Gasteiger partial charge in [0.05, 0.1) is 19.9 Å². The highest BCUT2D eigenvalue weighted by Crippen LogP contribution is 2.16. The zero-order chi connectivity index (χ0) is 16.8. The highest BCUT2D eigenvalue weighted by Gasteiger charge is 2.28. The maximum absolute atomic E-state index is 12.4. The summed E-state index contributed by atoms with van der Waals surface area (Å²) in [6, 6.07) is 5.23. The van der Waals surface area contributed by atoms with Crippen LogP contribution >= 0.6 is 11.3 Å². The lowest BCUT2D eigenvalue weighted by Gasteiger charge is -2.14. The molecule has 122 valence electrons. The summed E-state index contributed by atoms with van der Waals surface area (Å²) in [7, 11) is 2.44. The van der Waals surface area contributed by atoms with Crippen molar-refractivity contribution in [2.75, 3.05) is 14.2 Å². The first-order chi connectivity index (χ1) is 11.1. The Morgan fingerprint density at radius 3 is 2.43 bits per heavy atom. The number of nitrogens with zero attached hydrogens (tertiary/aromatic N) is 1. The first-order valence-corrected chi connectivity index (χ1v) is 7.90. The van der Waals surface area contributed by atoms with Crippen LogP contribution in [0.1, 0.15) is 22.5 Å². The summed E-state index contributed by atoms with van der Waals surface area (Å²) >= 11 is 1.45. The molecule has 0 saturated heterocycles.